The number of likely N-dealkylation sites (tertiary alicyclic amines) is 1. The average Bonchev–Trinajstić information content (AvgIpc) is 2.28. The van der Waals surface area contributed by atoms with Crippen LogP contribution < -0.4 is 0 Å². The van der Waals surface area contributed by atoms with Crippen molar-refractivity contribution >= 4 is 15.9 Å². The molecule has 0 aromatic heterocycles. The van der Waals surface area contributed by atoms with Gasteiger partial charge in [0.15, 0.2) is 0 Å². The molecule has 2 rings (SSSR count). The first-order valence-electron chi connectivity index (χ1n) is 6.30. The van der Waals surface area contributed by atoms with Gasteiger partial charge in [-0.05, 0) is 50.9 Å². The largest absolute Gasteiger partial charge is 0.507 e. The monoisotopic (exact) mass is 297 g/mol. The van der Waals surface area contributed by atoms with Crippen LogP contribution in [0, 0.1) is 6.92 Å². The molecule has 94 valence electrons. The molecule has 0 spiro atoms. The molecule has 3 heteroatoms. The predicted octanol–water partition coefficient (Wildman–Crippen LogP) is 3.84. The number of benzene rings is 1. The second-order valence-corrected chi connectivity index (χ2v) is 5.96. The summed E-state index contributed by atoms with van der Waals surface area (Å²) in [4.78, 5) is 2.46. The fourth-order valence-corrected chi connectivity index (χ4v) is 3.16. The highest BCUT2D eigenvalue weighted by Crippen LogP contribution is 2.29. The Morgan fingerprint density at radius 1 is 1.41 bits per heavy atom. The lowest BCUT2D eigenvalue weighted by Gasteiger charge is -2.33. The zero-order chi connectivity index (χ0) is 12.4. The van der Waals surface area contributed by atoms with Gasteiger partial charge in [0.2, 0.25) is 0 Å². The number of rotatable bonds is 2. The molecule has 1 aliphatic rings. The van der Waals surface area contributed by atoms with Gasteiger partial charge in [-0.2, -0.15) is 0 Å². The van der Waals surface area contributed by atoms with Crippen molar-refractivity contribution in [2.24, 2.45) is 0 Å². The molecule has 17 heavy (non-hydrogen) atoms. The van der Waals surface area contributed by atoms with Crippen LogP contribution in [-0.2, 0) is 6.54 Å². The molecule has 2 nitrogen and oxygen atoms in total. The highest BCUT2D eigenvalue weighted by Gasteiger charge is 2.19. The summed E-state index contributed by atoms with van der Waals surface area (Å²) in [6.45, 7) is 6.23. The number of aromatic hydroxyl groups is 1. The van der Waals surface area contributed by atoms with E-state index in [9.17, 15) is 5.11 Å². The Hall–Kier alpha value is -0.540. The number of halogens is 1. The van der Waals surface area contributed by atoms with Crippen LogP contribution in [0.25, 0.3) is 0 Å². The van der Waals surface area contributed by atoms with E-state index >= 15 is 0 Å². The molecule has 0 saturated carbocycles. The van der Waals surface area contributed by atoms with E-state index in [1.807, 2.05) is 19.1 Å². The molecule has 0 bridgehead atoms. The number of nitrogens with zero attached hydrogens (tertiary/aromatic N) is 1. The maximum Gasteiger partial charge on any atom is 0.123 e. The molecule has 1 aromatic carbocycles. The Labute approximate surface area is 112 Å². The topological polar surface area (TPSA) is 23.5 Å². The Morgan fingerprint density at radius 3 is 2.88 bits per heavy atom. The van der Waals surface area contributed by atoms with E-state index in [1.165, 1.54) is 19.3 Å². The van der Waals surface area contributed by atoms with E-state index < -0.39 is 0 Å². The lowest BCUT2D eigenvalue weighted by atomic mass is 10.0. The van der Waals surface area contributed by atoms with Crippen molar-refractivity contribution in [3.8, 4) is 5.75 Å². The molecule has 1 fully saturated rings. The molecule has 1 N–H and O–H groups in total. The van der Waals surface area contributed by atoms with Gasteiger partial charge in [-0.15, -0.1) is 0 Å². The summed E-state index contributed by atoms with van der Waals surface area (Å²) >= 11 is 3.50. The fraction of sp³-hybridized carbons (Fsp3) is 0.571. The Bertz CT molecular complexity index is 405. The Balaban J connectivity index is 2.17. The molecule has 1 saturated heterocycles. The van der Waals surface area contributed by atoms with Crippen molar-refractivity contribution in [1.82, 2.24) is 4.90 Å². The van der Waals surface area contributed by atoms with Gasteiger partial charge >= 0.3 is 0 Å². The number of phenolic OH excluding ortho intramolecular Hbond substituents is 1. The van der Waals surface area contributed by atoms with Crippen LogP contribution in [0.2, 0.25) is 0 Å². The smallest absolute Gasteiger partial charge is 0.123 e. The van der Waals surface area contributed by atoms with Gasteiger partial charge in [-0.25, -0.2) is 0 Å². The summed E-state index contributed by atoms with van der Waals surface area (Å²) in [5.74, 6) is 0.450. The second kappa shape index (κ2) is 5.40. The van der Waals surface area contributed by atoms with Crippen molar-refractivity contribution in [2.75, 3.05) is 6.54 Å². The number of hydrogen-bond donors (Lipinski definition) is 1. The zero-order valence-corrected chi connectivity index (χ0v) is 12.1. The third-order valence-corrected chi connectivity index (χ3v) is 4.12. The number of piperidine rings is 1. The fourth-order valence-electron chi connectivity index (χ4n) is 2.54. The van der Waals surface area contributed by atoms with Crippen molar-refractivity contribution in [1.29, 1.82) is 0 Å². The lowest BCUT2D eigenvalue weighted by Crippen LogP contribution is -2.36. The first kappa shape index (κ1) is 12.9. The molecular formula is C14H20BrNO. The third-order valence-electron chi connectivity index (χ3n) is 3.66. The van der Waals surface area contributed by atoms with E-state index in [-0.39, 0.29) is 0 Å². The summed E-state index contributed by atoms with van der Waals surface area (Å²) in [5, 5.41) is 10.1. The Kier molecular flexibility index (Phi) is 4.10. The van der Waals surface area contributed by atoms with Crippen LogP contribution >= 0.6 is 15.9 Å². The summed E-state index contributed by atoms with van der Waals surface area (Å²) in [5.41, 5.74) is 1.98. The number of hydrogen-bond acceptors (Lipinski definition) is 2. The van der Waals surface area contributed by atoms with E-state index in [0.717, 1.165) is 28.7 Å². The Morgan fingerprint density at radius 2 is 2.18 bits per heavy atom. The van der Waals surface area contributed by atoms with Crippen LogP contribution in [0.4, 0.5) is 0 Å². The standard InChI is InChI=1S/C14H20BrNO/c1-10-7-13(15)8-12(14(10)17)9-16-6-4-3-5-11(16)2/h7-8,11,17H,3-6,9H2,1-2H3. The highest BCUT2D eigenvalue weighted by molar-refractivity contribution is 9.10. The average molecular weight is 298 g/mol. The summed E-state index contributed by atoms with van der Waals surface area (Å²) in [6, 6.07) is 4.62. The quantitative estimate of drug-likeness (QED) is 0.896. The molecule has 1 heterocycles. The minimum Gasteiger partial charge on any atom is -0.507 e. The first-order valence-corrected chi connectivity index (χ1v) is 7.09. The van der Waals surface area contributed by atoms with Gasteiger partial charge in [0.1, 0.15) is 5.75 Å². The van der Waals surface area contributed by atoms with Crippen molar-refractivity contribution in [3.63, 3.8) is 0 Å². The molecule has 0 amide bonds. The summed E-state index contributed by atoms with van der Waals surface area (Å²) < 4.78 is 1.05. The lowest BCUT2D eigenvalue weighted by molar-refractivity contribution is 0.151. The van der Waals surface area contributed by atoms with Crippen LogP contribution in [-0.4, -0.2) is 22.6 Å². The molecule has 1 aliphatic heterocycles. The molecule has 0 aliphatic carbocycles. The van der Waals surface area contributed by atoms with Gasteiger partial charge in [0.25, 0.3) is 0 Å². The van der Waals surface area contributed by atoms with E-state index in [0.29, 0.717) is 11.8 Å². The zero-order valence-electron chi connectivity index (χ0n) is 10.5. The predicted molar refractivity (Wildman–Crippen MR) is 74.3 cm³/mol. The van der Waals surface area contributed by atoms with Crippen LogP contribution in [0.15, 0.2) is 16.6 Å². The third kappa shape index (κ3) is 3.02. The van der Waals surface area contributed by atoms with Crippen molar-refractivity contribution in [2.45, 2.75) is 45.7 Å². The summed E-state index contributed by atoms with van der Waals surface area (Å²) in [7, 11) is 0. The van der Waals surface area contributed by atoms with Crippen molar-refractivity contribution < 1.29 is 5.11 Å². The SMILES string of the molecule is Cc1cc(Br)cc(CN2CCCCC2C)c1O. The number of aryl methyl sites for hydroxylation is 1. The van der Waals surface area contributed by atoms with Crippen LogP contribution in [0.3, 0.4) is 0 Å². The molecule has 0 radical (unpaired) electrons. The normalized spacial score (nSPS) is 21.7. The number of phenols is 1. The van der Waals surface area contributed by atoms with E-state index in [1.54, 1.807) is 0 Å². The van der Waals surface area contributed by atoms with Gasteiger partial charge in [0.05, 0.1) is 0 Å². The summed E-state index contributed by atoms with van der Waals surface area (Å²) in [6.07, 6.45) is 3.88. The molecule has 1 unspecified atom stereocenters. The minimum atomic E-state index is 0.450. The van der Waals surface area contributed by atoms with Crippen molar-refractivity contribution in [3.05, 3.63) is 27.7 Å². The molecule has 1 aromatic rings. The minimum absolute atomic E-state index is 0.450. The maximum absolute atomic E-state index is 10.1. The van der Waals surface area contributed by atoms with Gasteiger partial charge in [-0.1, -0.05) is 22.4 Å². The van der Waals surface area contributed by atoms with E-state index in [2.05, 4.69) is 27.8 Å². The molecule has 1 atom stereocenters. The van der Waals surface area contributed by atoms with Gasteiger partial charge in [0, 0.05) is 22.6 Å². The van der Waals surface area contributed by atoms with Crippen LogP contribution in [0.1, 0.15) is 37.3 Å². The molecular weight excluding hydrogens is 278 g/mol. The first-order chi connectivity index (χ1) is 8.08. The van der Waals surface area contributed by atoms with Crippen LogP contribution in [0.5, 0.6) is 5.75 Å². The van der Waals surface area contributed by atoms with Gasteiger partial charge in [-0.3, -0.25) is 4.90 Å². The maximum atomic E-state index is 10.1. The van der Waals surface area contributed by atoms with Gasteiger partial charge < -0.3 is 5.11 Å². The second-order valence-electron chi connectivity index (χ2n) is 5.05. The van der Waals surface area contributed by atoms with E-state index in [4.69, 9.17) is 0 Å². The highest BCUT2D eigenvalue weighted by atomic mass is 79.9.